The molecule has 0 aliphatic rings. The van der Waals surface area contributed by atoms with E-state index in [0.717, 1.165) is 0 Å². The van der Waals surface area contributed by atoms with Crippen molar-refractivity contribution in [3.63, 3.8) is 0 Å². The number of alkyl carbamates (subject to hydrolysis) is 1. The van der Waals surface area contributed by atoms with E-state index in [1.165, 1.54) is 18.2 Å². The molecule has 7 nitrogen and oxygen atoms in total. The number of hydrogen-bond donors (Lipinski definition) is 3. The van der Waals surface area contributed by atoms with Gasteiger partial charge in [0.05, 0.1) is 0 Å². The Labute approximate surface area is 134 Å². The summed E-state index contributed by atoms with van der Waals surface area (Å²) in [7, 11) is 0. The van der Waals surface area contributed by atoms with Crippen LogP contribution in [0.1, 0.15) is 53.2 Å². The van der Waals surface area contributed by atoms with Crippen molar-refractivity contribution in [3.8, 4) is 0 Å². The van der Waals surface area contributed by atoms with Crippen molar-refractivity contribution >= 4 is 18.7 Å². The molecule has 1 rings (SSSR count). The van der Waals surface area contributed by atoms with E-state index >= 15 is 0 Å². The second-order valence-electron chi connectivity index (χ2n) is 6.06. The summed E-state index contributed by atoms with van der Waals surface area (Å²) in [6.07, 6.45) is -2.35. The predicted octanol–water partition coefficient (Wildman–Crippen LogP) is 1.23. The van der Waals surface area contributed by atoms with E-state index in [4.69, 9.17) is 4.74 Å². The fraction of sp³-hybridized carbons (Fsp3) is 0.438. The maximum absolute atomic E-state index is 11.5. The highest BCUT2D eigenvalue weighted by molar-refractivity contribution is 5.82. The molecule has 2 atom stereocenters. The zero-order valence-corrected chi connectivity index (χ0v) is 13.3. The van der Waals surface area contributed by atoms with E-state index in [0.29, 0.717) is 12.6 Å². The van der Waals surface area contributed by atoms with Crippen LogP contribution in [0.15, 0.2) is 18.2 Å². The molecule has 0 fully saturated rings. The molecule has 23 heavy (non-hydrogen) atoms. The first-order valence-electron chi connectivity index (χ1n) is 7.04. The van der Waals surface area contributed by atoms with Crippen LogP contribution in [-0.4, -0.2) is 47.1 Å². The molecule has 0 saturated carbocycles. The zero-order valence-electron chi connectivity index (χ0n) is 13.3. The van der Waals surface area contributed by atoms with Gasteiger partial charge < -0.3 is 20.3 Å². The summed E-state index contributed by atoms with van der Waals surface area (Å²) in [5, 5.41) is 22.4. The van der Waals surface area contributed by atoms with Gasteiger partial charge in [0.25, 0.3) is 0 Å². The maximum Gasteiger partial charge on any atom is 0.407 e. The molecule has 0 heterocycles. The summed E-state index contributed by atoms with van der Waals surface area (Å²) in [6.45, 7) is 4.84. The minimum atomic E-state index is -1.37. The van der Waals surface area contributed by atoms with E-state index in [1.54, 1.807) is 20.8 Å². The van der Waals surface area contributed by atoms with Gasteiger partial charge in [-0.25, -0.2) is 4.79 Å². The molecular weight excluding hydrogens is 302 g/mol. The van der Waals surface area contributed by atoms with Crippen LogP contribution in [0.3, 0.4) is 0 Å². The summed E-state index contributed by atoms with van der Waals surface area (Å²) < 4.78 is 5.01. The van der Waals surface area contributed by atoms with Gasteiger partial charge >= 0.3 is 6.09 Å². The van der Waals surface area contributed by atoms with Crippen LogP contribution in [0.5, 0.6) is 0 Å². The van der Waals surface area contributed by atoms with E-state index < -0.39 is 23.9 Å². The van der Waals surface area contributed by atoms with Crippen molar-refractivity contribution in [1.29, 1.82) is 0 Å². The first-order valence-corrected chi connectivity index (χ1v) is 7.04. The molecule has 0 aromatic heterocycles. The molecule has 1 aromatic carbocycles. The van der Waals surface area contributed by atoms with Gasteiger partial charge in [0.1, 0.15) is 30.4 Å². The highest BCUT2D eigenvalue weighted by atomic mass is 16.6. The third-order valence-electron chi connectivity index (χ3n) is 2.83. The number of hydrogen-bond acceptors (Lipinski definition) is 6. The lowest BCUT2D eigenvalue weighted by Gasteiger charge is -2.22. The fourth-order valence-corrected chi connectivity index (χ4v) is 1.85. The second kappa shape index (κ2) is 7.85. The molecule has 0 aliphatic carbocycles. The Morgan fingerprint density at radius 2 is 1.70 bits per heavy atom. The molecule has 3 N–H and O–H groups in total. The average Bonchev–Trinajstić information content (AvgIpc) is 2.49. The third kappa shape index (κ3) is 6.17. The lowest BCUT2D eigenvalue weighted by atomic mass is 9.99. The second-order valence-corrected chi connectivity index (χ2v) is 6.06. The summed E-state index contributed by atoms with van der Waals surface area (Å²) in [6, 6.07) is 4.09. The largest absolute Gasteiger partial charge is 0.444 e. The molecule has 0 bridgehead atoms. The minimum absolute atomic E-state index is 0.204. The van der Waals surface area contributed by atoms with E-state index in [-0.39, 0.29) is 23.2 Å². The van der Waals surface area contributed by atoms with Crippen LogP contribution < -0.4 is 5.32 Å². The summed E-state index contributed by atoms with van der Waals surface area (Å²) in [5.74, 6) is 0. The van der Waals surface area contributed by atoms with Crippen LogP contribution >= 0.6 is 0 Å². The van der Waals surface area contributed by atoms with Crippen molar-refractivity contribution < 1.29 is 29.3 Å². The third-order valence-corrected chi connectivity index (χ3v) is 2.83. The monoisotopic (exact) mass is 323 g/mol. The molecule has 0 radical (unpaired) electrons. The lowest BCUT2D eigenvalue weighted by molar-refractivity contribution is 0.0129. The van der Waals surface area contributed by atoms with Crippen LogP contribution in [0.2, 0.25) is 0 Å². The quantitative estimate of drug-likeness (QED) is 0.679. The Balaban J connectivity index is 2.73. The number of carbonyl (C=O) groups is 3. The summed E-state index contributed by atoms with van der Waals surface area (Å²) in [4.78, 5) is 33.2. The van der Waals surface area contributed by atoms with Gasteiger partial charge in [0.2, 0.25) is 0 Å². The van der Waals surface area contributed by atoms with Crippen LogP contribution in [0.4, 0.5) is 4.79 Å². The van der Waals surface area contributed by atoms with Crippen molar-refractivity contribution in [3.05, 3.63) is 34.9 Å². The van der Waals surface area contributed by atoms with Gasteiger partial charge in [-0.15, -0.1) is 0 Å². The lowest BCUT2D eigenvalue weighted by Crippen LogP contribution is -2.38. The molecule has 1 amide bonds. The van der Waals surface area contributed by atoms with Gasteiger partial charge in [-0.1, -0.05) is 0 Å². The molecule has 0 spiro atoms. The number of aldehydes is 2. The molecule has 2 unspecified atom stereocenters. The van der Waals surface area contributed by atoms with Crippen LogP contribution in [0.25, 0.3) is 0 Å². The molecule has 1 aromatic rings. The van der Waals surface area contributed by atoms with Crippen molar-refractivity contribution in [2.45, 2.75) is 38.6 Å². The molecule has 7 heteroatoms. The predicted molar refractivity (Wildman–Crippen MR) is 82.4 cm³/mol. The number of benzene rings is 1. The topological polar surface area (TPSA) is 113 Å². The number of ether oxygens (including phenoxy) is 1. The van der Waals surface area contributed by atoms with E-state index in [9.17, 15) is 24.6 Å². The Morgan fingerprint density at radius 1 is 1.17 bits per heavy atom. The Kier molecular flexibility index (Phi) is 6.41. The number of aliphatic hydroxyl groups excluding tert-OH is 2. The highest BCUT2D eigenvalue weighted by Crippen LogP contribution is 2.19. The maximum atomic E-state index is 11.5. The number of nitrogens with one attached hydrogen (secondary N) is 1. The first kappa shape index (κ1) is 18.8. The fourth-order valence-electron chi connectivity index (χ4n) is 1.85. The van der Waals surface area contributed by atoms with Crippen LogP contribution in [0, 0.1) is 0 Å². The number of rotatable bonds is 6. The normalized spacial score (nSPS) is 13.8. The highest BCUT2D eigenvalue weighted by Gasteiger charge is 2.22. The Hall–Kier alpha value is -2.25. The smallest absolute Gasteiger partial charge is 0.407 e. The molecular formula is C16H21NO6. The van der Waals surface area contributed by atoms with Gasteiger partial charge in [-0.05, 0) is 44.5 Å². The number of aliphatic hydroxyl groups is 2. The van der Waals surface area contributed by atoms with Crippen molar-refractivity contribution in [2.24, 2.45) is 0 Å². The first-order chi connectivity index (χ1) is 10.7. The van der Waals surface area contributed by atoms with Crippen molar-refractivity contribution in [2.75, 3.05) is 6.54 Å². The molecule has 0 saturated heterocycles. The summed E-state index contributed by atoms with van der Waals surface area (Å²) in [5.41, 5.74) is -0.0627. The number of carbonyl (C=O) groups excluding carboxylic acids is 3. The van der Waals surface area contributed by atoms with E-state index in [1.807, 2.05) is 0 Å². The van der Waals surface area contributed by atoms with Crippen LogP contribution in [-0.2, 0) is 4.74 Å². The minimum Gasteiger partial charge on any atom is -0.444 e. The molecule has 126 valence electrons. The standard InChI is InChI=1S/C16H21NO6/c1-16(2,3)23-15(22)17-7-13(20)14(21)12-5-10(8-18)4-11(6-12)9-19/h4-6,8-9,13-14,20-21H,7H2,1-3H3,(H,17,22). The van der Waals surface area contributed by atoms with Gasteiger partial charge in [0, 0.05) is 17.7 Å². The van der Waals surface area contributed by atoms with Gasteiger partial charge in [-0.3, -0.25) is 9.59 Å². The van der Waals surface area contributed by atoms with Gasteiger partial charge in [0.15, 0.2) is 0 Å². The van der Waals surface area contributed by atoms with Crippen molar-refractivity contribution in [1.82, 2.24) is 5.32 Å². The number of amides is 1. The zero-order chi connectivity index (χ0) is 17.6. The Bertz CT molecular complexity index is 552. The van der Waals surface area contributed by atoms with Gasteiger partial charge in [-0.2, -0.15) is 0 Å². The summed E-state index contributed by atoms with van der Waals surface area (Å²) >= 11 is 0. The average molecular weight is 323 g/mol. The molecule has 0 aliphatic heterocycles. The van der Waals surface area contributed by atoms with E-state index in [2.05, 4.69) is 5.32 Å². The SMILES string of the molecule is CC(C)(C)OC(=O)NCC(O)C(O)c1cc(C=O)cc(C=O)c1. The Morgan fingerprint density at radius 3 is 2.13 bits per heavy atom.